The van der Waals surface area contributed by atoms with Crippen LogP contribution < -0.4 is 16.0 Å². The van der Waals surface area contributed by atoms with Crippen LogP contribution >= 0.6 is 11.6 Å². The highest BCUT2D eigenvalue weighted by atomic mass is 35.5. The van der Waals surface area contributed by atoms with Crippen LogP contribution in [-0.2, 0) is 28.8 Å². The normalized spacial score (nSPS) is 28.3. The Morgan fingerprint density at radius 3 is 2.47 bits per heavy atom. The molecule has 3 heterocycles. The number of fused-ring (bicyclic) bond motifs is 1. The molecule has 0 unspecified atom stereocenters. The molecule has 0 radical (unpaired) electrons. The smallest absolute Gasteiger partial charge is 0.289 e. The molecule has 2 saturated carbocycles. The van der Waals surface area contributed by atoms with Gasteiger partial charge in [0, 0.05) is 41.6 Å². The molecule has 4 amide bonds. The number of nitrogens with one attached hydrogen (secondary N) is 3. The van der Waals surface area contributed by atoms with Crippen molar-refractivity contribution in [1.29, 1.82) is 0 Å². The van der Waals surface area contributed by atoms with Crippen LogP contribution in [0, 0.1) is 11.8 Å². The minimum Gasteiger partial charge on any atom is -0.387 e. The zero-order valence-electron chi connectivity index (χ0n) is 30.3. The van der Waals surface area contributed by atoms with Crippen molar-refractivity contribution in [3.8, 4) is 0 Å². The van der Waals surface area contributed by atoms with Crippen LogP contribution in [0.15, 0.2) is 29.4 Å². The topological polar surface area (TPSA) is 150 Å². The first-order valence-corrected chi connectivity index (χ1v) is 19.1. The second-order valence-electron chi connectivity index (χ2n) is 16.4. The van der Waals surface area contributed by atoms with Crippen LogP contribution in [0.5, 0.6) is 0 Å². The number of hydrogen-bond acceptors (Lipinski definition) is 8. The average molecular weight is 725 g/mol. The molecular formula is C38H53ClN6O6. The minimum absolute atomic E-state index is 0.00317. The summed E-state index contributed by atoms with van der Waals surface area (Å²) in [7, 11) is 0. The molecule has 0 bridgehead atoms. The van der Waals surface area contributed by atoms with Gasteiger partial charge < -0.3 is 25.7 Å². The quantitative estimate of drug-likeness (QED) is 0.295. The van der Waals surface area contributed by atoms with E-state index < -0.39 is 46.9 Å². The van der Waals surface area contributed by atoms with Gasteiger partial charge in [0.15, 0.2) is 5.60 Å². The van der Waals surface area contributed by atoms with Gasteiger partial charge in [0.2, 0.25) is 23.5 Å². The second-order valence-corrected chi connectivity index (χ2v) is 16.9. The first-order chi connectivity index (χ1) is 24.2. The number of ketones is 1. The number of oxime groups is 1. The molecule has 1 spiro atoms. The van der Waals surface area contributed by atoms with E-state index in [1.165, 1.54) is 4.90 Å². The standard InChI is InChI=1S/C38H53ClN6O6/c1-5-9-28(33(47)36(50)40-27-14-15-27)41-34(48)31-19-38(18-29(43-51-38)24-12-8-13-26(39)16-24)22-45(31)32(46)21-44-20-25-11-7-6-10-23(25)17-30(44)35(49)42-37(2,3)4/h8,12-13,16,23,25,27-28,30-31H,5-7,9-11,14-15,17-22H2,1-4H3,(H,40,50)(H,41,48)(H,42,49)/t23-,25+,28-,30-,31-,38+/m0/s1. The van der Waals surface area contributed by atoms with Crippen molar-refractivity contribution in [3.63, 3.8) is 0 Å². The van der Waals surface area contributed by atoms with Crippen LogP contribution in [0.25, 0.3) is 0 Å². The molecule has 6 rings (SSSR count). The molecule has 2 aliphatic carbocycles. The van der Waals surface area contributed by atoms with E-state index in [1.54, 1.807) is 12.1 Å². The summed E-state index contributed by atoms with van der Waals surface area (Å²) in [6.07, 6.45) is 8.17. The summed E-state index contributed by atoms with van der Waals surface area (Å²) in [6.45, 7) is 8.44. The van der Waals surface area contributed by atoms with Crippen LogP contribution in [-0.4, -0.2) is 99.9 Å². The number of hydrogen-bond donors (Lipinski definition) is 3. The Balaban J connectivity index is 1.23. The number of carbonyl (C=O) groups is 5. The Bertz CT molecular complexity index is 1560. The fourth-order valence-corrected chi connectivity index (χ4v) is 8.51. The van der Waals surface area contributed by atoms with Crippen molar-refractivity contribution >= 4 is 46.7 Å². The van der Waals surface area contributed by atoms with Gasteiger partial charge >= 0.3 is 0 Å². The summed E-state index contributed by atoms with van der Waals surface area (Å²) in [4.78, 5) is 77.9. The molecule has 1 aromatic carbocycles. The van der Waals surface area contributed by atoms with Crippen molar-refractivity contribution in [2.75, 3.05) is 19.6 Å². The van der Waals surface area contributed by atoms with Crippen molar-refractivity contribution in [2.24, 2.45) is 17.0 Å². The zero-order chi connectivity index (χ0) is 36.5. The highest BCUT2D eigenvalue weighted by Crippen LogP contribution is 2.41. The number of rotatable bonds is 11. The maximum atomic E-state index is 14.5. The predicted molar refractivity (Wildman–Crippen MR) is 193 cm³/mol. The summed E-state index contributed by atoms with van der Waals surface area (Å²) in [5.41, 5.74) is 0.0643. The van der Waals surface area contributed by atoms with Gasteiger partial charge in [-0.2, -0.15) is 0 Å². The Morgan fingerprint density at radius 1 is 1.04 bits per heavy atom. The van der Waals surface area contributed by atoms with Crippen LogP contribution in [0.3, 0.4) is 0 Å². The number of likely N-dealkylation sites (tertiary alicyclic amines) is 2. The Hall–Kier alpha value is -3.51. The van der Waals surface area contributed by atoms with E-state index in [9.17, 15) is 24.0 Å². The number of amides is 4. The Labute approximate surface area is 305 Å². The first-order valence-electron chi connectivity index (χ1n) is 18.8. The maximum absolute atomic E-state index is 14.5. The van der Waals surface area contributed by atoms with Gasteiger partial charge in [-0.05, 0) is 76.8 Å². The van der Waals surface area contributed by atoms with Gasteiger partial charge in [-0.1, -0.05) is 61.5 Å². The van der Waals surface area contributed by atoms with E-state index >= 15 is 0 Å². The van der Waals surface area contributed by atoms with Gasteiger partial charge in [0.1, 0.15) is 6.04 Å². The van der Waals surface area contributed by atoms with Crippen LogP contribution in [0.1, 0.15) is 104 Å². The Kier molecular flexibility index (Phi) is 11.1. The predicted octanol–water partition coefficient (Wildman–Crippen LogP) is 3.73. The molecule has 2 saturated heterocycles. The SMILES string of the molecule is CCC[C@H](NC(=O)[C@@H]1C[C@]2(CC(c3cccc(Cl)c3)=NO2)CN1C(=O)CN1C[C@H]2CCCC[C@H]2C[C@H]1C(=O)NC(C)(C)C)C(=O)C(=O)NC1CC1. The number of benzene rings is 1. The van der Waals surface area contributed by atoms with Crippen molar-refractivity contribution in [1.82, 2.24) is 25.8 Å². The number of carbonyl (C=O) groups excluding carboxylic acids is 5. The average Bonchev–Trinajstić information content (AvgIpc) is 3.67. The molecule has 5 aliphatic rings. The molecule has 51 heavy (non-hydrogen) atoms. The lowest BCUT2D eigenvalue weighted by atomic mass is 9.72. The third-order valence-electron chi connectivity index (χ3n) is 11.0. The van der Waals surface area contributed by atoms with Gasteiger partial charge in [0.05, 0.1) is 30.9 Å². The summed E-state index contributed by atoms with van der Waals surface area (Å²) in [5, 5.41) is 13.7. The lowest BCUT2D eigenvalue weighted by Crippen LogP contribution is -2.60. The van der Waals surface area contributed by atoms with Gasteiger partial charge in [-0.3, -0.25) is 28.9 Å². The molecule has 13 heteroatoms. The first kappa shape index (κ1) is 37.3. The van der Waals surface area contributed by atoms with E-state index in [4.69, 9.17) is 16.4 Å². The van der Waals surface area contributed by atoms with E-state index in [0.29, 0.717) is 48.4 Å². The van der Waals surface area contributed by atoms with Gasteiger partial charge in [-0.25, -0.2) is 0 Å². The summed E-state index contributed by atoms with van der Waals surface area (Å²) in [5.74, 6) is -1.43. The zero-order valence-corrected chi connectivity index (χ0v) is 31.1. The van der Waals surface area contributed by atoms with E-state index in [1.807, 2.05) is 44.7 Å². The van der Waals surface area contributed by atoms with Crippen molar-refractivity contribution in [3.05, 3.63) is 34.9 Å². The molecule has 0 aromatic heterocycles. The highest BCUT2D eigenvalue weighted by molar-refractivity contribution is 6.38. The van der Waals surface area contributed by atoms with Crippen LogP contribution in [0.4, 0.5) is 0 Å². The molecule has 3 aliphatic heterocycles. The number of halogens is 1. The summed E-state index contributed by atoms with van der Waals surface area (Å²) < 4.78 is 0. The van der Waals surface area contributed by atoms with Crippen LogP contribution in [0.2, 0.25) is 5.02 Å². The molecule has 3 N–H and O–H groups in total. The molecule has 12 nitrogen and oxygen atoms in total. The molecule has 1 aromatic rings. The fourth-order valence-electron chi connectivity index (χ4n) is 8.31. The number of nitrogens with zero attached hydrogens (tertiary/aromatic N) is 3. The summed E-state index contributed by atoms with van der Waals surface area (Å²) >= 11 is 6.27. The van der Waals surface area contributed by atoms with E-state index in [-0.39, 0.29) is 43.8 Å². The van der Waals surface area contributed by atoms with Crippen molar-refractivity contribution in [2.45, 2.75) is 134 Å². The van der Waals surface area contributed by atoms with E-state index in [2.05, 4.69) is 21.1 Å². The molecule has 278 valence electrons. The van der Waals surface area contributed by atoms with Gasteiger partial charge in [-0.15, -0.1) is 0 Å². The molecule has 4 fully saturated rings. The monoisotopic (exact) mass is 724 g/mol. The van der Waals surface area contributed by atoms with Crippen molar-refractivity contribution < 1.29 is 28.8 Å². The van der Waals surface area contributed by atoms with Gasteiger partial charge in [0.25, 0.3) is 5.91 Å². The summed E-state index contributed by atoms with van der Waals surface area (Å²) in [6, 6.07) is 4.84. The Morgan fingerprint density at radius 2 is 1.78 bits per heavy atom. The molecule has 6 atom stereocenters. The third-order valence-corrected chi connectivity index (χ3v) is 11.2. The lowest BCUT2D eigenvalue weighted by Gasteiger charge is -2.46. The number of Topliss-reactive ketones (excluding diaryl/α,β-unsaturated/α-hetero) is 1. The maximum Gasteiger partial charge on any atom is 0.289 e. The largest absolute Gasteiger partial charge is 0.387 e. The fraction of sp³-hybridized carbons (Fsp3) is 0.684. The highest BCUT2D eigenvalue weighted by Gasteiger charge is 2.54. The minimum atomic E-state index is -1.02. The third kappa shape index (κ3) is 8.93. The second kappa shape index (κ2) is 15.2. The van der Waals surface area contributed by atoms with E-state index in [0.717, 1.165) is 44.1 Å². The lowest BCUT2D eigenvalue weighted by molar-refractivity contribution is -0.144. The number of piperidine rings is 1. The molecular weight excluding hydrogens is 672 g/mol.